The maximum absolute atomic E-state index is 12.5. The van der Waals surface area contributed by atoms with E-state index in [2.05, 4.69) is 55.7 Å². The molecule has 0 atom stereocenters. The zero-order chi connectivity index (χ0) is 20.2. The van der Waals surface area contributed by atoms with Crippen LogP contribution in [0.5, 0.6) is 5.75 Å². The minimum absolute atomic E-state index is 0.0136. The van der Waals surface area contributed by atoms with E-state index in [9.17, 15) is 4.79 Å². The summed E-state index contributed by atoms with van der Waals surface area (Å²) in [5, 5.41) is 6.07. The van der Waals surface area contributed by atoms with Gasteiger partial charge in [-0.25, -0.2) is 4.79 Å². The number of ether oxygens (including phenoxy) is 1. The Morgan fingerprint density at radius 3 is 2.14 bits per heavy atom. The summed E-state index contributed by atoms with van der Waals surface area (Å²) in [7, 11) is 1.68. The highest BCUT2D eigenvalue weighted by Crippen LogP contribution is 2.41. The number of hydrogen-bond donors (Lipinski definition) is 2. The fourth-order valence-corrected chi connectivity index (χ4v) is 4.04. The van der Waals surface area contributed by atoms with Crippen LogP contribution in [0.1, 0.15) is 57.6 Å². The average molecular weight is 381 g/mol. The lowest BCUT2D eigenvalue weighted by Crippen LogP contribution is -2.40. The predicted octanol–water partition coefficient (Wildman–Crippen LogP) is 5.63. The molecule has 0 unspecified atom stereocenters. The van der Waals surface area contributed by atoms with Gasteiger partial charge in [0, 0.05) is 17.6 Å². The van der Waals surface area contributed by atoms with Crippen LogP contribution in [0.2, 0.25) is 0 Å². The molecule has 4 nitrogen and oxygen atoms in total. The van der Waals surface area contributed by atoms with Crippen molar-refractivity contribution in [3.8, 4) is 5.75 Å². The molecule has 1 fully saturated rings. The highest BCUT2D eigenvalue weighted by molar-refractivity contribution is 5.89. The third-order valence-corrected chi connectivity index (χ3v) is 5.86. The fraction of sp³-hybridized carbons (Fsp3) is 0.458. The standard InChI is InChI=1S/C24H32N2O2/c1-23(2,3)18-7-11-20(12-8-18)26-22(27)25-17-24(15-5-6-16-24)19-9-13-21(28-4)14-10-19/h7-14H,5-6,15-17H2,1-4H3,(H2,25,26,27). The van der Waals surface area contributed by atoms with Gasteiger partial charge in [-0.3, -0.25) is 0 Å². The minimum atomic E-state index is -0.150. The van der Waals surface area contributed by atoms with Gasteiger partial charge in [0.15, 0.2) is 0 Å². The van der Waals surface area contributed by atoms with Gasteiger partial charge in [-0.05, 0) is 53.6 Å². The van der Waals surface area contributed by atoms with E-state index in [1.54, 1.807) is 7.11 Å². The highest BCUT2D eigenvalue weighted by Gasteiger charge is 2.35. The van der Waals surface area contributed by atoms with Crippen molar-refractivity contribution in [1.82, 2.24) is 5.32 Å². The molecule has 1 aliphatic carbocycles. The number of urea groups is 1. The van der Waals surface area contributed by atoms with Gasteiger partial charge in [-0.2, -0.15) is 0 Å². The summed E-state index contributed by atoms with van der Waals surface area (Å²) in [6.45, 7) is 7.19. The number of benzene rings is 2. The molecule has 0 aliphatic heterocycles. The Morgan fingerprint density at radius 1 is 1.00 bits per heavy atom. The molecule has 28 heavy (non-hydrogen) atoms. The van der Waals surface area contributed by atoms with Crippen LogP contribution in [-0.4, -0.2) is 19.7 Å². The topological polar surface area (TPSA) is 50.4 Å². The second kappa shape index (κ2) is 8.26. The van der Waals surface area contributed by atoms with Gasteiger partial charge in [0.2, 0.25) is 0 Å². The van der Waals surface area contributed by atoms with Gasteiger partial charge >= 0.3 is 6.03 Å². The fourth-order valence-electron chi connectivity index (χ4n) is 4.04. The van der Waals surface area contributed by atoms with Gasteiger partial charge in [0.05, 0.1) is 7.11 Å². The van der Waals surface area contributed by atoms with Crippen LogP contribution < -0.4 is 15.4 Å². The number of carbonyl (C=O) groups excluding carboxylic acids is 1. The van der Waals surface area contributed by atoms with Crippen molar-refractivity contribution in [3.05, 3.63) is 59.7 Å². The lowest BCUT2D eigenvalue weighted by atomic mass is 9.79. The number of methoxy groups -OCH3 is 1. The van der Waals surface area contributed by atoms with E-state index in [0.29, 0.717) is 6.54 Å². The summed E-state index contributed by atoms with van der Waals surface area (Å²) >= 11 is 0. The molecule has 2 N–H and O–H groups in total. The largest absolute Gasteiger partial charge is 0.497 e. The summed E-state index contributed by atoms with van der Waals surface area (Å²) in [6.07, 6.45) is 4.59. The van der Waals surface area contributed by atoms with Gasteiger partial charge in [0.25, 0.3) is 0 Å². The maximum atomic E-state index is 12.5. The number of anilines is 1. The quantitative estimate of drug-likeness (QED) is 0.707. The van der Waals surface area contributed by atoms with Crippen molar-refractivity contribution in [1.29, 1.82) is 0 Å². The first-order valence-corrected chi connectivity index (χ1v) is 10.1. The monoisotopic (exact) mass is 380 g/mol. The van der Waals surface area contributed by atoms with Crippen molar-refractivity contribution < 1.29 is 9.53 Å². The summed E-state index contributed by atoms with van der Waals surface area (Å²) in [6, 6.07) is 16.2. The molecule has 2 amide bonds. The van der Waals surface area contributed by atoms with Crippen LogP contribution in [0.15, 0.2) is 48.5 Å². The molecule has 150 valence electrons. The van der Waals surface area contributed by atoms with E-state index in [1.165, 1.54) is 24.0 Å². The Kier molecular flexibility index (Phi) is 5.97. The Labute approximate surface area is 168 Å². The molecule has 0 radical (unpaired) electrons. The van der Waals surface area contributed by atoms with Crippen molar-refractivity contribution in [3.63, 3.8) is 0 Å². The van der Waals surface area contributed by atoms with Gasteiger partial charge in [-0.15, -0.1) is 0 Å². The normalized spacial score (nSPS) is 15.9. The van der Waals surface area contributed by atoms with Crippen LogP contribution in [0.3, 0.4) is 0 Å². The molecule has 0 aromatic heterocycles. The number of amides is 2. The van der Waals surface area contributed by atoms with Crippen molar-refractivity contribution in [2.75, 3.05) is 19.0 Å². The van der Waals surface area contributed by atoms with Gasteiger partial charge in [0.1, 0.15) is 5.75 Å². The predicted molar refractivity (Wildman–Crippen MR) is 115 cm³/mol. The van der Waals surface area contributed by atoms with E-state index in [4.69, 9.17) is 4.74 Å². The zero-order valence-corrected chi connectivity index (χ0v) is 17.5. The third kappa shape index (κ3) is 4.67. The van der Waals surface area contributed by atoms with Crippen molar-refractivity contribution in [2.45, 2.75) is 57.3 Å². The number of carbonyl (C=O) groups is 1. The Balaban J connectivity index is 1.62. The summed E-state index contributed by atoms with van der Waals surface area (Å²) in [4.78, 5) is 12.5. The summed E-state index contributed by atoms with van der Waals surface area (Å²) in [5.41, 5.74) is 3.46. The van der Waals surface area contributed by atoms with Crippen molar-refractivity contribution in [2.24, 2.45) is 0 Å². The van der Waals surface area contributed by atoms with Crippen LogP contribution in [0.25, 0.3) is 0 Å². The molecular formula is C24H32N2O2. The number of hydrogen-bond acceptors (Lipinski definition) is 2. The molecule has 0 bridgehead atoms. The Bertz CT molecular complexity index is 783. The first-order valence-electron chi connectivity index (χ1n) is 10.1. The summed E-state index contributed by atoms with van der Waals surface area (Å²) in [5.74, 6) is 0.862. The zero-order valence-electron chi connectivity index (χ0n) is 17.5. The molecule has 1 saturated carbocycles. The first kappa shape index (κ1) is 20.2. The number of rotatable bonds is 5. The smallest absolute Gasteiger partial charge is 0.319 e. The average Bonchev–Trinajstić information content (AvgIpc) is 3.16. The highest BCUT2D eigenvalue weighted by atomic mass is 16.5. The third-order valence-electron chi connectivity index (χ3n) is 5.86. The van der Waals surface area contributed by atoms with E-state index in [1.807, 2.05) is 24.3 Å². The van der Waals surface area contributed by atoms with E-state index >= 15 is 0 Å². The second-order valence-electron chi connectivity index (χ2n) is 8.85. The molecular weight excluding hydrogens is 348 g/mol. The van der Waals surface area contributed by atoms with Gasteiger partial charge in [-0.1, -0.05) is 57.9 Å². The summed E-state index contributed by atoms with van der Waals surface area (Å²) < 4.78 is 5.28. The van der Waals surface area contributed by atoms with Crippen LogP contribution in [-0.2, 0) is 10.8 Å². The lowest BCUT2D eigenvalue weighted by Gasteiger charge is -2.30. The molecule has 4 heteroatoms. The number of nitrogens with one attached hydrogen (secondary N) is 2. The SMILES string of the molecule is COc1ccc(C2(CNC(=O)Nc3ccc(C(C)(C)C)cc3)CCCC2)cc1. The van der Waals surface area contributed by atoms with E-state index < -0.39 is 0 Å². The molecule has 2 aromatic carbocycles. The molecule has 0 spiro atoms. The first-order chi connectivity index (χ1) is 13.3. The molecule has 1 aliphatic rings. The lowest BCUT2D eigenvalue weighted by molar-refractivity contribution is 0.248. The minimum Gasteiger partial charge on any atom is -0.497 e. The van der Waals surface area contributed by atoms with E-state index in [0.717, 1.165) is 24.3 Å². The Morgan fingerprint density at radius 2 is 1.61 bits per heavy atom. The molecule has 0 heterocycles. The molecule has 0 saturated heterocycles. The van der Waals surface area contributed by atoms with Gasteiger partial charge < -0.3 is 15.4 Å². The van der Waals surface area contributed by atoms with Crippen LogP contribution in [0.4, 0.5) is 10.5 Å². The van der Waals surface area contributed by atoms with E-state index in [-0.39, 0.29) is 16.9 Å². The molecule has 3 rings (SSSR count). The Hall–Kier alpha value is -2.49. The maximum Gasteiger partial charge on any atom is 0.319 e. The van der Waals surface area contributed by atoms with Crippen LogP contribution in [0, 0.1) is 0 Å². The van der Waals surface area contributed by atoms with Crippen molar-refractivity contribution >= 4 is 11.7 Å². The molecule has 2 aromatic rings. The second-order valence-corrected chi connectivity index (χ2v) is 8.85. The van der Waals surface area contributed by atoms with Crippen LogP contribution >= 0.6 is 0 Å².